The van der Waals surface area contributed by atoms with Crippen LogP contribution in [0.5, 0.6) is 0 Å². The molecule has 1 heterocycles. The normalized spacial score (nSPS) is 19.8. The van der Waals surface area contributed by atoms with Crippen LogP contribution in [0, 0.1) is 0 Å². The molecule has 0 amide bonds. The number of hydrogen-bond acceptors (Lipinski definition) is 7. The Hall–Kier alpha value is 1.16. The molecule has 1 saturated heterocycles. The maximum absolute atomic E-state index is 11.6. The van der Waals surface area contributed by atoms with Gasteiger partial charge in [-0.2, -0.15) is 0 Å². The van der Waals surface area contributed by atoms with E-state index in [4.69, 9.17) is 12.5 Å². The Labute approximate surface area is 109 Å². The Morgan fingerprint density at radius 3 is 2.38 bits per heavy atom. The van der Waals surface area contributed by atoms with Crippen LogP contribution in [0.1, 0.15) is 45.4 Å². The number of rotatable bonds is 8. The van der Waals surface area contributed by atoms with Crippen molar-refractivity contribution in [2.75, 3.05) is 6.61 Å². The smallest absolute Gasteiger partial charge is 0.286 e. The molecule has 4 nitrogen and oxygen atoms in total. The molecule has 96 valence electrons. The third-order valence-corrected chi connectivity index (χ3v) is 7.03. The lowest BCUT2D eigenvalue weighted by atomic mass is 10.1. The van der Waals surface area contributed by atoms with E-state index in [0.29, 0.717) is 6.61 Å². The largest absolute Gasteiger partial charge is 0.498 e. The van der Waals surface area contributed by atoms with Crippen molar-refractivity contribution in [1.82, 2.24) is 0 Å². The molecule has 0 aromatic carbocycles. The molecule has 1 rings (SSSR count). The van der Waals surface area contributed by atoms with E-state index in [9.17, 15) is 4.57 Å². The van der Waals surface area contributed by atoms with Gasteiger partial charge in [-0.1, -0.05) is 39.0 Å². The molecule has 8 heteroatoms. The summed E-state index contributed by atoms with van der Waals surface area (Å²) in [5.74, 6) is 0. The van der Waals surface area contributed by atoms with E-state index in [1.54, 1.807) is 0 Å². The molecule has 0 aromatic heterocycles. The minimum absolute atomic E-state index is 0.440. The molecular weight excluding hydrogens is 287 g/mol. The third-order valence-electron chi connectivity index (χ3n) is 2.05. The van der Waals surface area contributed by atoms with Crippen molar-refractivity contribution in [3.63, 3.8) is 0 Å². The van der Waals surface area contributed by atoms with Crippen molar-refractivity contribution in [1.29, 1.82) is 0 Å². The SMILES string of the molecule is CCCCCCCCOP1(=O)OSSSO1. The van der Waals surface area contributed by atoms with Crippen LogP contribution < -0.4 is 0 Å². The van der Waals surface area contributed by atoms with Gasteiger partial charge in [0.15, 0.2) is 0 Å². The molecular formula is C8H17O4PS3. The maximum atomic E-state index is 11.6. The van der Waals surface area contributed by atoms with Gasteiger partial charge in [-0.25, -0.2) is 12.5 Å². The zero-order valence-electron chi connectivity index (χ0n) is 9.25. The molecule has 0 N–H and O–H groups in total. The van der Waals surface area contributed by atoms with E-state index in [-0.39, 0.29) is 0 Å². The molecule has 16 heavy (non-hydrogen) atoms. The van der Waals surface area contributed by atoms with Gasteiger partial charge in [0.05, 0.1) is 28.8 Å². The van der Waals surface area contributed by atoms with E-state index in [2.05, 4.69) is 6.92 Å². The first kappa shape index (κ1) is 15.2. The van der Waals surface area contributed by atoms with E-state index >= 15 is 0 Å². The van der Waals surface area contributed by atoms with Crippen molar-refractivity contribution < 1.29 is 17.0 Å². The van der Waals surface area contributed by atoms with Gasteiger partial charge < -0.3 is 0 Å². The summed E-state index contributed by atoms with van der Waals surface area (Å²) in [4.78, 5) is 0. The van der Waals surface area contributed by atoms with Crippen LogP contribution in [-0.4, -0.2) is 6.61 Å². The lowest BCUT2D eigenvalue weighted by Gasteiger charge is -2.17. The summed E-state index contributed by atoms with van der Waals surface area (Å²) in [5, 5.41) is 0. The Morgan fingerprint density at radius 2 is 1.69 bits per heavy atom. The van der Waals surface area contributed by atoms with Crippen LogP contribution in [-0.2, 0) is 17.0 Å². The summed E-state index contributed by atoms with van der Waals surface area (Å²) in [6, 6.07) is 0. The minimum atomic E-state index is -3.27. The van der Waals surface area contributed by atoms with Gasteiger partial charge in [-0.15, -0.1) is 0 Å². The molecule has 1 aliphatic rings. The predicted molar refractivity (Wildman–Crippen MR) is 71.9 cm³/mol. The Kier molecular flexibility index (Phi) is 8.69. The molecule has 0 aromatic rings. The summed E-state index contributed by atoms with van der Waals surface area (Å²) in [6.07, 6.45) is 7.03. The van der Waals surface area contributed by atoms with Gasteiger partial charge in [0.2, 0.25) is 0 Å². The fraction of sp³-hybridized carbons (Fsp3) is 1.00. The number of hydrogen-bond donors (Lipinski definition) is 0. The second-order valence-corrected chi connectivity index (χ2v) is 8.60. The summed E-state index contributed by atoms with van der Waals surface area (Å²) in [5.41, 5.74) is 0. The average Bonchev–Trinajstić information content (AvgIpc) is 2.29. The summed E-state index contributed by atoms with van der Waals surface area (Å²) < 4.78 is 26.5. The average molecular weight is 304 g/mol. The van der Waals surface area contributed by atoms with Gasteiger partial charge in [-0.05, 0) is 6.42 Å². The van der Waals surface area contributed by atoms with Gasteiger partial charge in [-0.3, -0.25) is 4.52 Å². The van der Waals surface area contributed by atoms with Crippen LogP contribution >= 0.6 is 39.8 Å². The van der Waals surface area contributed by atoms with E-state index < -0.39 is 7.82 Å². The van der Waals surface area contributed by atoms with E-state index in [1.165, 1.54) is 35.5 Å². The van der Waals surface area contributed by atoms with Gasteiger partial charge in [0.1, 0.15) is 0 Å². The molecule has 0 atom stereocenters. The lowest BCUT2D eigenvalue weighted by Crippen LogP contribution is -1.96. The van der Waals surface area contributed by atoms with Crippen LogP contribution in [0.3, 0.4) is 0 Å². The Balaban J connectivity index is 1.95. The molecule has 0 saturated carbocycles. The molecule has 0 unspecified atom stereocenters. The first-order valence-corrected chi connectivity index (χ1v) is 10.2. The standard InChI is InChI=1S/C8H17O4PS3/c1-2-3-4-5-6-7-8-10-13(9)11-14-16-15-12-13/h2-8H2,1H3. The lowest BCUT2D eigenvalue weighted by molar-refractivity contribution is 0.222. The van der Waals surface area contributed by atoms with Crippen LogP contribution in [0.25, 0.3) is 0 Å². The highest BCUT2D eigenvalue weighted by molar-refractivity contribution is 9.08. The monoisotopic (exact) mass is 304 g/mol. The van der Waals surface area contributed by atoms with Crippen molar-refractivity contribution in [3.8, 4) is 0 Å². The van der Waals surface area contributed by atoms with Gasteiger partial charge in [0, 0.05) is 9.83 Å². The fourth-order valence-corrected chi connectivity index (χ4v) is 6.47. The summed E-state index contributed by atoms with van der Waals surface area (Å²) >= 11 is 2.09. The zero-order chi connectivity index (χ0) is 11.7. The molecule has 1 aliphatic heterocycles. The van der Waals surface area contributed by atoms with Crippen LogP contribution in [0.2, 0.25) is 0 Å². The van der Waals surface area contributed by atoms with Crippen LogP contribution in [0.15, 0.2) is 0 Å². The maximum Gasteiger partial charge on any atom is 0.498 e. The molecule has 0 radical (unpaired) electrons. The van der Waals surface area contributed by atoms with Crippen molar-refractivity contribution in [2.45, 2.75) is 45.4 Å². The zero-order valence-corrected chi connectivity index (χ0v) is 12.6. The predicted octanol–water partition coefficient (Wildman–Crippen LogP) is 5.38. The topological polar surface area (TPSA) is 44.8 Å². The summed E-state index contributed by atoms with van der Waals surface area (Å²) in [6.45, 7) is 2.63. The fourth-order valence-electron chi connectivity index (χ4n) is 1.22. The molecule has 0 bridgehead atoms. The van der Waals surface area contributed by atoms with Crippen molar-refractivity contribution >= 4 is 39.8 Å². The van der Waals surface area contributed by atoms with E-state index in [0.717, 1.165) is 35.0 Å². The Bertz CT molecular complexity index is 219. The quantitative estimate of drug-likeness (QED) is 0.258. The first-order chi connectivity index (χ1) is 7.77. The molecule has 0 aliphatic carbocycles. The second kappa shape index (κ2) is 9.14. The number of unbranched alkanes of at least 4 members (excludes halogenated alkanes) is 5. The molecule has 1 fully saturated rings. The highest BCUT2D eigenvalue weighted by Gasteiger charge is 2.32. The highest BCUT2D eigenvalue weighted by atomic mass is 33.5. The van der Waals surface area contributed by atoms with Crippen molar-refractivity contribution in [2.24, 2.45) is 0 Å². The van der Waals surface area contributed by atoms with Gasteiger partial charge in [0.25, 0.3) is 0 Å². The van der Waals surface area contributed by atoms with Crippen molar-refractivity contribution in [3.05, 3.63) is 0 Å². The Morgan fingerprint density at radius 1 is 1.06 bits per heavy atom. The third kappa shape index (κ3) is 6.79. The number of phosphoric acid groups is 1. The minimum Gasteiger partial charge on any atom is -0.286 e. The van der Waals surface area contributed by atoms with Crippen LogP contribution in [0.4, 0.5) is 0 Å². The molecule has 0 spiro atoms. The highest BCUT2D eigenvalue weighted by Crippen LogP contribution is 2.65. The summed E-state index contributed by atoms with van der Waals surface area (Å²) in [7, 11) is -1.98. The van der Waals surface area contributed by atoms with Gasteiger partial charge >= 0.3 is 7.82 Å². The first-order valence-electron chi connectivity index (χ1n) is 5.39. The van der Waals surface area contributed by atoms with E-state index in [1.807, 2.05) is 0 Å². The second-order valence-electron chi connectivity index (χ2n) is 3.40.